The average molecular weight is 347 g/mol. The van der Waals surface area contributed by atoms with Gasteiger partial charge in [-0.3, -0.25) is 0 Å². The van der Waals surface area contributed by atoms with Crippen LogP contribution in [0, 0.1) is 17.8 Å². The number of aliphatic carboxylic acids is 1. The van der Waals surface area contributed by atoms with Crippen LogP contribution in [0.5, 0.6) is 0 Å². The van der Waals surface area contributed by atoms with Crippen LogP contribution in [-0.4, -0.2) is 5.97 Å². The van der Waals surface area contributed by atoms with E-state index in [2.05, 4.69) is 0 Å². The molecule has 0 aromatic heterocycles. The molecular formula is C20H35KO2. The second-order valence-electron chi connectivity index (χ2n) is 7.82. The topological polar surface area (TPSA) is 40.1 Å². The van der Waals surface area contributed by atoms with E-state index in [1.165, 1.54) is 83.5 Å². The first-order chi connectivity index (χ1) is 10.8. The van der Waals surface area contributed by atoms with Crippen molar-refractivity contribution in [2.45, 2.75) is 103 Å². The van der Waals surface area contributed by atoms with E-state index in [-0.39, 0.29) is 57.3 Å². The third kappa shape index (κ3) is 8.85. The van der Waals surface area contributed by atoms with Crippen LogP contribution in [-0.2, 0) is 4.79 Å². The number of carbonyl (C=O) groups excluding carboxylic acids is 1. The van der Waals surface area contributed by atoms with E-state index in [0.717, 1.165) is 25.2 Å². The van der Waals surface area contributed by atoms with Crippen LogP contribution in [0.25, 0.3) is 0 Å². The summed E-state index contributed by atoms with van der Waals surface area (Å²) in [7, 11) is 0. The minimum Gasteiger partial charge on any atom is -0.550 e. The first-order valence-electron chi connectivity index (χ1n) is 9.98. The molecule has 0 aromatic carbocycles. The van der Waals surface area contributed by atoms with Gasteiger partial charge < -0.3 is 9.90 Å². The Morgan fingerprint density at radius 2 is 1.04 bits per heavy atom. The van der Waals surface area contributed by atoms with Gasteiger partial charge in [-0.25, -0.2) is 0 Å². The third-order valence-electron chi connectivity index (χ3n) is 6.12. The maximum Gasteiger partial charge on any atom is 1.00 e. The standard InChI is InChI=1S/C11H18O2.C5H10.C4H8.K/c12-11(13)10-6-5-8-3-1-2-4-9(8)7-10;1-2-4-5-3-1;1-2-4-3-1;/h8-10H,1-7H2,(H,12,13);1-5H2;1-4H2;/q;;;+1/p-1. The second-order valence-corrected chi connectivity index (χ2v) is 7.82. The SMILES string of the molecule is C1CCC1.C1CCCC1.O=C([O-])C1CCC2CCCCC2C1.[K+]. The molecule has 0 radical (unpaired) electrons. The summed E-state index contributed by atoms with van der Waals surface area (Å²) >= 11 is 0. The molecule has 23 heavy (non-hydrogen) atoms. The van der Waals surface area contributed by atoms with Gasteiger partial charge in [-0.05, 0) is 37.0 Å². The fourth-order valence-corrected chi connectivity index (χ4v) is 4.22. The normalized spacial score (nSPS) is 31.7. The Bertz CT molecular complexity index is 299. The first-order valence-corrected chi connectivity index (χ1v) is 9.98. The average Bonchev–Trinajstić information content (AvgIpc) is 3.04. The third-order valence-corrected chi connectivity index (χ3v) is 6.12. The zero-order chi connectivity index (χ0) is 15.6. The van der Waals surface area contributed by atoms with Crippen LogP contribution in [0.3, 0.4) is 0 Å². The molecule has 4 fully saturated rings. The van der Waals surface area contributed by atoms with Crippen molar-refractivity contribution in [3.8, 4) is 0 Å². The minimum atomic E-state index is -0.816. The van der Waals surface area contributed by atoms with Crippen molar-refractivity contribution in [2.75, 3.05) is 0 Å². The van der Waals surface area contributed by atoms with Gasteiger partial charge in [-0.1, -0.05) is 83.5 Å². The van der Waals surface area contributed by atoms with Crippen molar-refractivity contribution in [1.82, 2.24) is 0 Å². The van der Waals surface area contributed by atoms with E-state index in [4.69, 9.17) is 0 Å². The van der Waals surface area contributed by atoms with Crippen molar-refractivity contribution in [3.05, 3.63) is 0 Å². The predicted molar refractivity (Wildman–Crippen MR) is 89.3 cm³/mol. The summed E-state index contributed by atoms with van der Waals surface area (Å²) in [6.07, 6.45) is 21.6. The molecule has 4 saturated carbocycles. The van der Waals surface area contributed by atoms with Crippen molar-refractivity contribution in [2.24, 2.45) is 17.8 Å². The van der Waals surface area contributed by atoms with Crippen LogP contribution < -0.4 is 56.5 Å². The summed E-state index contributed by atoms with van der Waals surface area (Å²) in [5.41, 5.74) is 0. The molecule has 0 amide bonds. The van der Waals surface area contributed by atoms with Crippen LogP contribution >= 0.6 is 0 Å². The molecule has 3 heteroatoms. The fourth-order valence-electron chi connectivity index (χ4n) is 4.22. The van der Waals surface area contributed by atoms with Gasteiger partial charge >= 0.3 is 51.4 Å². The Kier molecular flexibility index (Phi) is 12.8. The van der Waals surface area contributed by atoms with Crippen LogP contribution in [0.4, 0.5) is 0 Å². The number of hydrogen-bond donors (Lipinski definition) is 0. The number of rotatable bonds is 1. The first kappa shape index (κ1) is 22.1. The van der Waals surface area contributed by atoms with Crippen molar-refractivity contribution >= 4 is 5.97 Å². The van der Waals surface area contributed by atoms with E-state index in [1.807, 2.05) is 0 Å². The molecule has 4 rings (SSSR count). The Morgan fingerprint density at radius 1 is 0.609 bits per heavy atom. The Hall–Kier alpha value is 1.11. The van der Waals surface area contributed by atoms with Crippen molar-refractivity contribution < 1.29 is 61.3 Å². The molecule has 0 aromatic rings. The van der Waals surface area contributed by atoms with Gasteiger partial charge in [0.15, 0.2) is 0 Å². The van der Waals surface area contributed by atoms with E-state index >= 15 is 0 Å². The fraction of sp³-hybridized carbons (Fsp3) is 0.950. The zero-order valence-corrected chi connectivity index (χ0v) is 18.5. The quantitative estimate of drug-likeness (QED) is 0.680. The van der Waals surface area contributed by atoms with Crippen molar-refractivity contribution in [3.63, 3.8) is 0 Å². The van der Waals surface area contributed by atoms with Gasteiger partial charge in [0, 0.05) is 5.97 Å². The number of carboxylic acids is 1. The maximum atomic E-state index is 10.7. The molecule has 3 unspecified atom stereocenters. The van der Waals surface area contributed by atoms with Gasteiger partial charge in [0.2, 0.25) is 0 Å². The van der Waals surface area contributed by atoms with Gasteiger partial charge in [0.05, 0.1) is 0 Å². The molecule has 0 bridgehead atoms. The summed E-state index contributed by atoms with van der Waals surface area (Å²) in [6.45, 7) is 0. The summed E-state index contributed by atoms with van der Waals surface area (Å²) in [4.78, 5) is 10.7. The molecule has 3 atom stereocenters. The van der Waals surface area contributed by atoms with Crippen LogP contribution in [0.15, 0.2) is 0 Å². The molecule has 0 heterocycles. The van der Waals surface area contributed by atoms with Crippen LogP contribution in [0.2, 0.25) is 0 Å². The van der Waals surface area contributed by atoms with Crippen molar-refractivity contribution in [1.29, 1.82) is 0 Å². The number of carboxylic acid groups (broad SMARTS) is 1. The van der Waals surface area contributed by atoms with Gasteiger partial charge in [-0.2, -0.15) is 0 Å². The largest absolute Gasteiger partial charge is 1.00 e. The van der Waals surface area contributed by atoms with Crippen LogP contribution in [0.1, 0.15) is 103 Å². The smallest absolute Gasteiger partial charge is 0.550 e. The molecule has 0 N–H and O–H groups in total. The molecule has 4 aliphatic carbocycles. The molecule has 0 spiro atoms. The van der Waals surface area contributed by atoms with E-state index in [0.29, 0.717) is 5.92 Å². The molecule has 4 aliphatic rings. The summed E-state index contributed by atoms with van der Waals surface area (Å²) in [5, 5.41) is 10.7. The Morgan fingerprint density at radius 3 is 1.48 bits per heavy atom. The summed E-state index contributed by atoms with van der Waals surface area (Å²) in [5.74, 6) is 0.582. The molecule has 0 saturated heterocycles. The van der Waals surface area contributed by atoms with E-state index < -0.39 is 5.97 Å². The van der Waals surface area contributed by atoms with E-state index in [1.54, 1.807) is 0 Å². The summed E-state index contributed by atoms with van der Waals surface area (Å²) in [6, 6.07) is 0. The number of carbonyl (C=O) groups is 1. The maximum absolute atomic E-state index is 10.7. The van der Waals surface area contributed by atoms with Gasteiger partial charge in [0.25, 0.3) is 0 Å². The number of fused-ring (bicyclic) bond motifs is 1. The molecule has 2 nitrogen and oxygen atoms in total. The zero-order valence-electron chi connectivity index (χ0n) is 15.4. The minimum absolute atomic E-state index is 0. The monoisotopic (exact) mass is 346 g/mol. The number of hydrogen-bond acceptors (Lipinski definition) is 2. The molecule has 0 aliphatic heterocycles. The van der Waals surface area contributed by atoms with Gasteiger partial charge in [-0.15, -0.1) is 0 Å². The Balaban J connectivity index is 0.000000217. The Labute approximate surface area is 186 Å². The molecule has 128 valence electrons. The predicted octanol–water partition coefficient (Wildman–Crippen LogP) is 1.86. The molecular weight excluding hydrogens is 311 g/mol. The van der Waals surface area contributed by atoms with Gasteiger partial charge in [0.1, 0.15) is 0 Å². The van der Waals surface area contributed by atoms with E-state index in [9.17, 15) is 9.90 Å². The summed E-state index contributed by atoms with van der Waals surface area (Å²) < 4.78 is 0. The second kappa shape index (κ2) is 13.3.